The molecule has 2 N–H and O–H groups in total. The number of carbonyl (C=O) groups excluding carboxylic acids is 2. The number of para-hydroxylation sites is 2. The number of phenols is 2. The Morgan fingerprint density at radius 3 is 1.39 bits per heavy atom. The number of carbonyl (C=O) groups is 2. The van der Waals surface area contributed by atoms with Gasteiger partial charge in [-0.2, -0.15) is 0 Å². The summed E-state index contributed by atoms with van der Waals surface area (Å²) < 4.78 is 0. The molecular weight excluding hydrogens is 591 g/mol. The number of nitrogens with zero attached hydrogens (tertiary/aromatic N) is 4. The molecule has 0 saturated heterocycles. The smallest absolute Gasteiger partial charge is 0.361 e. The van der Waals surface area contributed by atoms with Gasteiger partial charge in [-0.05, 0) is 36.1 Å². The van der Waals surface area contributed by atoms with Crippen molar-refractivity contribution < 1.29 is 19.8 Å². The van der Waals surface area contributed by atoms with Gasteiger partial charge < -0.3 is 20.0 Å². The first kappa shape index (κ1) is 28.2. The molecule has 2 aromatic rings. The fourth-order valence-electron chi connectivity index (χ4n) is 2.19. The summed E-state index contributed by atoms with van der Waals surface area (Å²) in [6.07, 6.45) is 1.22. The second-order valence-electron chi connectivity index (χ2n) is 6.91. The van der Waals surface area contributed by atoms with Crippen LogP contribution in [0.25, 0.3) is 0 Å². The van der Waals surface area contributed by atoms with E-state index < -0.39 is 12.1 Å². The van der Waals surface area contributed by atoms with Crippen molar-refractivity contribution in [1.29, 1.82) is 0 Å². The standard InChI is InChI=1S/C16H16O2.C6H12N4O2.Pb/c1-12(10-13-6-2-4-8-15(13)17)11-14-7-3-5-9-16(14)18;1-9(2)5(11)7-8-6(12)10(3)4;/h2-9,17-18H,1,10-11H2;1-4H3;. The minimum Gasteiger partial charge on any atom is -0.508 e. The van der Waals surface area contributed by atoms with E-state index in [1.807, 2.05) is 24.3 Å². The number of hydrogen-bond acceptors (Lipinski definition) is 4. The Labute approximate surface area is 203 Å². The maximum absolute atomic E-state index is 10.8. The summed E-state index contributed by atoms with van der Waals surface area (Å²) in [6.45, 7) is 4.01. The monoisotopic (exact) mass is 620 g/mol. The van der Waals surface area contributed by atoms with Gasteiger partial charge in [-0.25, -0.2) is 9.59 Å². The molecular formula is C22H28N4O4Pb. The van der Waals surface area contributed by atoms with Crippen LogP contribution in [0.5, 0.6) is 11.5 Å². The van der Waals surface area contributed by atoms with E-state index in [1.165, 1.54) is 38.0 Å². The number of aromatic hydroxyl groups is 2. The van der Waals surface area contributed by atoms with Crippen LogP contribution < -0.4 is 0 Å². The molecule has 2 rings (SSSR count). The van der Waals surface area contributed by atoms with E-state index in [4.69, 9.17) is 0 Å². The third kappa shape index (κ3) is 10.7. The third-order valence-corrected chi connectivity index (χ3v) is 3.85. The minimum absolute atomic E-state index is 0. The predicted octanol–water partition coefficient (Wildman–Crippen LogP) is 3.86. The summed E-state index contributed by atoms with van der Waals surface area (Å²) in [6, 6.07) is 13.4. The molecule has 0 bridgehead atoms. The van der Waals surface area contributed by atoms with Crippen molar-refractivity contribution in [3.8, 4) is 11.5 Å². The van der Waals surface area contributed by atoms with Gasteiger partial charge in [0.05, 0.1) is 0 Å². The van der Waals surface area contributed by atoms with E-state index in [1.54, 1.807) is 24.3 Å². The van der Waals surface area contributed by atoms with Gasteiger partial charge in [-0.1, -0.05) is 58.8 Å². The largest absolute Gasteiger partial charge is 0.508 e. The zero-order valence-electron chi connectivity index (χ0n) is 18.2. The second-order valence-corrected chi connectivity index (χ2v) is 6.91. The Morgan fingerprint density at radius 2 is 1.10 bits per heavy atom. The molecule has 0 aliphatic heterocycles. The molecule has 0 heterocycles. The molecule has 0 spiro atoms. The molecule has 2 aromatic carbocycles. The van der Waals surface area contributed by atoms with Crippen LogP contribution in [0.1, 0.15) is 11.1 Å². The van der Waals surface area contributed by atoms with Crippen LogP contribution in [0.3, 0.4) is 0 Å². The molecule has 0 aliphatic rings. The molecule has 9 heteroatoms. The van der Waals surface area contributed by atoms with Crippen molar-refractivity contribution >= 4 is 39.4 Å². The molecule has 0 fully saturated rings. The summed E-state index contributed by atoms with van der Waals surface area (Å²) in [7, 11) is 6.12. The summed E-state index contributed by atoms with van der Waals surface area (Å²) in [5, 5.41) is 25.7. The summed E-state index contributed by atoms with van der Waals surface area (Å²) >= 11 is 0. The van der Waals surface area contributed by atoms with Crippen LogP contribution >= 0.6 is 0 Å². The van der Waals surface area contributed by atoms with E-state index in [9.17, 15) is 19.8 Å². The molecule has 0 atom stereocenters. The number of phenolic OH excluding ortho intramolecular Hbond substituents is 2. The fourth-order valence-corrected chi connectivity index (χ4v) is 2.19. The van der Waals surface area contributed by atoms with Crippen LogP contribution in [-0.2, 0) is 12.8 Å². The van der Waals surface area contributed by atoms with E-state index in [0.29, 0.717) is 12.8 Å². The molecule has 0 aliphatic carbocycles. The number of amides is 4. The SMILES string of the molecule is C=C(Cc1ccccc1O)Cc1ccccc1O.CN(C)C(=O)N=NC(=O)N(C)C.[Pb]. The molecule has 4 radical (unpaired) electrons. The topological polar surface area (TPSA) is 106 Å². The van der Waals surface area contributed by atoms with Crippen molar-refractivity contribution in [1.82, 2.24) is 9.80 Å². The number of rotatable bonds is 4. The number of azo groups is 1. The van der Waals surface area contributed by atoms with Crippen LogP contribution in [-0.4, -0.2) is 87.6 Å². The summed E-state index contributed by atoms with van der Waals surface area (Å²) in [5.41, 5.74) is 2.67. The first-order valence-corrected chi connectivity index (χ1v) is 9.16. The average molecular weight is 620 g/mol. The van der Waals surface area contributed by atoms with Crippen LogP contribution in [0.15, 0.2) is 70.9 Å². The Bertz CT molecular complexity index is 842. The maximum Gasteiger partial charge on any atom is 0.361 e. The minimum atomic E-state index is -0.551. The number of allylic oxidation sites excluding steroid dienone is 1. The Morgan fingerprint density at radius 1 is 0.774 bits per heavy atom. The number of urea groups is 2. The second kappa shape index (κ2) is 14.3. The van der Waals surface area contributed by atoms with Crippen molar-refractivity contribution in [3.05, 3.63) is 71.8 Å². The van der Waals surface area contributed by atoms with Gasteiger partial charge in [0.25, 0.3) is 0 Å². The Hall–Kier alpha value is -2.76. The fraction of sp³-hybridized carbons (Fsp3) is 0.273. The van der Waals surface area contributed by atoms with Gasteiger partial charge in [0, 0.05) is 55.5 Å². The van der Waals surface area contributed by atoms with Crippen molar-refractivity contribution in [2.75, 3.05) is 28.2 Å². The van der Waals surface area contributed by atoms with Gasteiger partial charge in [0.15, 0.2) is 0 Å². The van der Waals surface area contributed by atoms with Crippen LogP contribution in [0, 0.1) is 0 Å². The zero-order chi connectivity index (χ0) is 22.7. The number of benzene rings is 2. The normalized spacial score (nSPS) is 9.81. The zero-order valence-corrected chi connectivity index (χ0v) is 22.1. The Kier molecular flexibility index (Phi) is 13.0. The molecule has 4 amide bonds. The van der Waals surface area contributed by atoms with Gasteiger partial charge in [-0.15, -0.1) is 0 Å². The maximum atomic E-state index is 10.8. The molecule has 164 valence electrons. The molecule has 0 saturated carbocycles. The van der Waals surface area contributed by atoms with Gasteiger partial charge in [0.1, 0.15) is 11.5 Å². The van der Waals surface area contributed by atoms with E-state index >= 15 is 0 Å². The van der Waals surface area contributed by atoms with Crippen LogP contribution in [0.2, 0.25) is 0 Å². The first-order chi connectivity index (χ1) is 14.1. The van der Waals surface area contributed by atoms with E-state index in [-0.39, 0.29) is 38.8 Å². The van der Waals surface area contributed by atoms with Gasteiger partial charge >= 0.3 is 12.1 Å². The number of hydrogen-bond donors (Lipinski definition) is 2. The summed E-state index contributed by atoms with van der Waals surface area (Å²) in [5.74, 6) is 0.576. The predicted molar refractivity (Wildman–Crippen MR) is 122 cm³/mol. The van der Waals surface area contributed by atoms with Crippen molar-refractivity contribution in [2.24, 2.45) is 10.2 Å². The van der Waals surface area contributed by atoms with Gasteiger partial charge in [-0.3, -0.25) is 0 Å². The van der Waals surface area contributed by atoms with Crippen molar-refractivity contribution in [3.63, 3.8) is 0 Å². The average Bonchev–Trinajstić information content (AvgIpc) is 2.69. The molecule has 8 nitrogen and oxygen atoms in total. The third-order valence-electron chi connectivity index (χ3n) is 3.85. The van der Waals surface area contributed by atoms with E-state index in [2.05, 4.69) is 16.8 Å². The van der Waals surface area contributed by atoms with Crippen LogP contribution in [0.4, 0.5) is 9.59 Å². The quantitative estimate of drug-likeness (QED) is 0.308. The first-order valence-electron chi connectivity index (χ1n) is 9.16. The Balaban J connectivity index is 0.000000612. The summed E-state index contributed by atoms with van der Waals surface area (Å²) in [4.78, 5) is 24.0. The van der Waals surface area contributed by atoms with E-state index in [0.717, 1.165) is 16.7 Å². The van der Waals surface area contributed by atoms with Crippen molar-refractivity contribution in [2.45, 2.75) is 12.8 Å². The van der Waals surface area contributed by atoms with Gasteiger partial charge in [0.2, 0.25) is 0 Å². The molecule has 0 unspecified atom stereocenters. The molecule has 0 aromatic heterocycles. The molecule has 31 heavy (non-hydrogen) atoms.